The molecular weight excluding hydrogens is 554 g/mol. The number of ether oxygens (including phenoxy) is 2. The predicted molar refractivity (Wildman–Crippen MR) is 150 cm³/mol. The zero-order chi connectivity index (χ0) is 28.8. The molecule has 1 aliphatic rings. The zero-order valence-electron chi connectivity index (χ0n) is 22.1. The van der Waals surface area contributed by atoms with Gasteiger partial charge in [-0.25, -0.2) is 9.18 Å². The van der Waals surface area contributed by atoms with Gasteiger partial charge >= 0.3 is 5.97 Å². The van der Waals surface area contributed by atoms with Crippen LogP contribution in [-0.4, -0.2) is 35.5 Å². The molecule has 6 nitrogen and oxygen atoms in total. The van der Waals surface area contributed by atoms with Crippen molar-refractivity contribution < 1.29 is 23.5 Å². The maximum Gasteiger partial charge on any atom is 0.328 e. The summed E-state index contributed by atoms with van der Waals surface area (Å²) in [5, 5.41) is 10.2. The average Bonchev–Trinajstić information content (AvgIpc) is 2.95. The van der Waals surface area contributed by atoms with Gasteiger partial charge in [-0.15, -0.1) is 0 Å². The van der Waals surface area contributed by atoms with Gasteiger partial charge in [0.05, 0.1) is 24.3 Å². The third-order valence-electron chi connectivity index (χ3n) is 6.88. The molecule has 4 atom stereocenters. The normalized spacial score (nSPS) is 19.6. The molecule has 1 aliphatic heterocycles. The number of amides is 1. The fourth-order valence-corrected chi connectivity index (χ4v) is 5.27. The van der Waals surface area contributed by atoms with Crippen LogP contribution < -0.4 is 0 Å². The van der Waals surface area contributed by atoms with Crippen LogP contribution in [0.15, 0.2) is 66.7 Å². The van der Waals surface area contributed by atoms with Crippen LogP contribution in [-0.2, 0) is 25.5 Å². The number of benzene rings is 3. The quantitative estimate of drug-likeness (QED) is 0.254. The largest absolute Gasteiger partial charge is 0.464 e. The Labute approximate surface area is 243 Å². The highest BCUT2D eigenvalue weighted by atomic mass is 35.5. The molecule has 0 aliphatic carbocycles. The second-order valence-corrected chi connectivity index (χ2v) is 10.4. The lowest BCUT2D eigenvalue weighted by Crippen LogP contribution is -2.57. The van der Waals surface area contributed by atoms with E-state index in [1.807, 2.05) is 25.1 Å². The summed E-state index contributed by atoms with van der Waals surface area (Å²) >= 11 is 12.4. The van der Waals surface area contributed by atoms with Crippen molar-refractivity contribution in [2.24, 2.45) is 0 Å². The van der Waals surface area contributed by atoms with E-state index < -0.39 is 42.0 Å². The minimum Gasteiger partial charge on any atom is -0.464 e. The van der Waals surface area contributed by atoms with E-state index in [4.69, 9.17) is 37.9 Å². The second-order valence-electron chi connectivity index (χ2n) is 9.52. The van der Waals surface area contributed by atoms with E-state index in [2.05, 4.69) is 0 Å². The summed E-state index contributed by atoms with van der Waals surface area (Å²) < 4.78 is 26.8. The molecule has 208 valence electrons. The zero-order valence-corrected chi connectivity index (χ0v) is 23.7. The van der Waals surface area contributed by atoms with Crippen molar-refractivity contribution in [2.75, 3.05) is 6.61 Å². The maximum absolute atomic E-state index is 14.9. The summed E-state index contributed by atoms with van der Waals surface area (Å²) in [5.74, 6) is -1.59. The van der Waals surface area contributed by atoms with Crippen molar-refractivity contribution in [3.05, 3.63) is 105 Å². The topological polar surface area (TPSA) is 79.6 Å². The van der Waals surface area contributed by atoms with Gasteiger partial charge in [-0.1, -0.05) is 66.9 Å². The van der Waals surface area contributed by atoms with E-state index >= 15 is 0 Å². The first kappa shape index (κ1) is 29.5. The van der Waals surface area contributed by atoms with Crippen molar-refractivity contribution >= 4 is 35.1 Å². The number of carbonyl (C=O) groups excluding carboxylic acids is 2. The lowest BCUT2D eigenvalue weighted by molar-refractivity contribution is -0.186. The monoisotopic (exact) mass is 582 g/mol. The maximum atomic E-state index is 14.9. The van der Waals surface area contributed by atoms with Crippen LogP contribution in [0, 0.1) is 17.1 Å². The van der Waals surface area contributed by atoms with E-state index in [0.29, 0.717) is 28.5 Å². The molecule has 0 spiro atoms. The molecule has 1 amide bonds. The summed E-state index contributed by atoms with van der Waals surface area (Å²) in [6.07, 6.45) is -0.953. The minimum atomic E-state index is -1.11. The van der Waals surface area contributed by atoms with Crippen molar-refractivity contribution in [2.45, 2.75) is 57.4 Å². The Hall–Kier alpha value is -3.44. The predicted octanol–water partition coefficient (Wildman–Crippen LogP) is 6.99. The SMILES string of the molecule is CCC[C@H](C(=O)OCC)N1C(=O)[C@H](Cc2ccc(C#N)cc2F)O[C@@H](c2ccc(Cl)cc2)[C@H]1c1ccc(Cl)cc1. The van der Waals surface area contributed by atoms with Gasteiger partial charge in [0, 0.05) is 16.5 Å². The Morgan fingerprint density at radius 1 is 1.05 bits per heavy atom. The van der Waals surface area contributed by atoms with Crippen LogP contribution in [0.4, 0.5) is 4.39 Å². The summed E-state index contributed by atoms with van der Waals surface area (Å²) in [6.45, 7) is 3.80. The van der Waals surface area contributed by atoms with Gasteiger partial charge in [-0.3, -0.25) is 4.79 Å². The molecular formula is C31H29Cl2FN2O4. The van der Waals surface area contributed by atoms with Crippen molar-refractivity contribution in [3.8, 4) is 6.07 Å². The average molecular weight is 583 g/mol. The van der Waals surface area contributed by atoms with Gasteiger partial charge in [0.1, 0.15) is 24.1 Å². The number of carbonyl (C=O) groups is 2. The Morgan fingerprint density at radius 2 is 1.68 bits per heavy atom. The molecule has 40 heavy (non-hydrogen) atoms. The number of esters is 1. The van der Waals surface area contributed by atoms with E-state index in [1.165, 1.54) is 12.1 Å². The third-order valence-corrected chi connectivity index (χ3v) is 7.39. The van der Waals surface area contributed by atoms with E-state index in [1.54, 1.807) is 48.2 Å². The summed E-state index contributed by atoms with van der Waals surface area (Å²) in [7, 11) is 0. The standard InChI is InChI=1S/C31H29Cl2FN2O4/c1-3-5-26(31(38)39-4-2)36-28(20-8-12-23(32)13-9-20)29(21-10-14-24(33)15-11-21)40-27(30(36)37)17-22-7-6-19(18-35)16-25(22)34/h6-16,26-29H,3-5,17H2,1-2H3/t26-,27+,28-,29+/m1/s1. The molecule has 0 radical (unpaired) electrons. The lowest BCUT2D eigenvalue weighted by atomic mass is 9.88. The Bertz CT molecular complexity index is 1390. The number of nitriles is 1. The van der Waals surface area contributed by atoms with Gasteiger partial charge in [0.15, 0.2) is 0 Å². The van der Waals surface area contributed by atoms with E-state index in [0.717, 1.165) is 11.6 Å². The number of hydrogen-bond donors (Lipinski definition) is 0. The summed E-state index contributed by atoms with van der Waals surface area (Å²) in [4.78, 5) is 29.1. The van der Waals surface area contributed by atoms with Crippen molar-refractivity contribution in [1.29, 1.82) is 5.26 Å². The third kappa shape index (κ3) is 6.47. The summed E-state index contributed by atoms with van der Waals surface area (Å²) in [6, 6.07) is 18.5. The first-order valence-electron chi connectivity index (χ1n) is 13.1. The van der Waals surface area contributed by atoms with E-state index in [-0.39, 0.29) is 24.2 Å². The molecule has 1 fully saturated rings. The number of nitrogens with zero attached hydrogens (tertiary/aromatic N) is 2. The molecule has 0 saturated carbocycles. The highest BCUT2D eigenvalue weighted by Gasteiger charge is 2.48. The molecule has 0 bridgehead atoms. The Kier molecular flexibility index (Phi) is 9.80. The van der Waals surface area contributed by atoms with Crippen LogP contribution >= 0.6 is 23.2 Å². The Balaban J connectivity index is 1.87. The molecule has 0 aromatic heterocycles. The molecule has 9 heteroatoms. The fraction of sp³-hybridized carbons (Fsp3) is 0.323. The minimum absolute atomic E-state index is 0.0913. The molecule has 4 rings (SSSR count). The number of morpholine rings is 1. The van der Waals surface area contributed by atoms with Crippen LogP contribution in [0.3, 0.4) is 0 Å². The molecule has 3 aromatic carbocycles. The molecule has 3 aromatic rings. The lowest BCUT2D eigenvalue weighted by Gasteiger charge is -2.47. The van der Waals surface area contributed by atoms with Gasteiger partial charge in [-0.2, -0.15) is 5.26 Å². The fourth-order valence-electron chi connectivity index (χ4n) is 5.01. The number of rotatable bonds is 9. The van der Waals surface area contributed by atoms with Gasteiger partial charge in [0.25, 0.3) is 5.91 Å². The number of halogens is 3. The smallest absolute Gasteiger partial charge is 0.328 e. The van der Waals surface area contributed by atoms with Gasteiger partial charge in [-0.05, 0) is 66.4 Å². The van der Waals surface area contributed by atoms with Crippen LogP contribution in [0.2, 0.25) is 10.0 Å². The molecule has 1 saturated heterocycles. The first-order valence-corrected chi connectivity index (χ1v) is 13.9. The highest BCUT2D eigenvalue weighted by Crippen LogP contribution is 2.44. The second kappa shape index (κ2) is 13.3. The number of hydrogen-bond acceptors (Lipinski definition) is 5. The first-order chi connectivity index (χ1) is 19.3. The Morgan fingerprint density at radius 3 is 2.23 bits per heavy atom. The van der Waals surface area contributed by atoms with Crippen LogP contribution in [0.25, 0.3) is 0 Å². The van der Waals surface area contributed by atoms with Crippen LogP contribution in [0.1, 0.15) is 61.1 Å². The molecule has 0 unspecified atom stereocenters. The van der Waals surface area contributed by atoms with Crippen molar-refractivity contribution in [3.63, 3.8) is 0 Å². The van der Waals surface area contributed by atoms with Gasteiger partial charge in [0.2, 0.25) is 0 Å². The van der Waals surface area contributed by atoms with Gasteiger partial charge < -0.3 is 14.4 Å². The summed E-state index contributed by atoms with van der Waals surface area (Å²) in [5.41, 5.74) is 1.84. The van der Waals surface area contributed by atoms with Crippen molar-refractivity contribution in [1.82, 2.24) is 4.90 Å². The highest BCUT2D eigenvalue weighted by molar-refractivity contribution is 6.30. The van der Waals surface area contributed by atoms with E-state index in [9.17, 15) is 14.0 Å². The molecule has 0 N–H and O–H groups in total. The van der Waals surface area contributed by atoms with Crippen LogP contribution in [0.5, 0.6) is 0 Å². The molecule has 1 heterocycles.